The Morgan fingerprint density at radius 2 is 1.67 bits per heavy atom. The molecule has 2 amide bonds. The predicted octanol–water partition coefficient (Wildman–Crippen LogP) is 4.26. The number of carbonyl (C=O) groups is 2. The molecule has 4 nitrogen and oxygen atoms in total. The normalized spacial score (nSPS) is 10.4. The summed E-state index contributed by atoms with van der Waals surface area (Å²) in [5.74, 6) is -0.504. The van der Waals surface area contributed by atoms with E-state index in [9.17, 15) is 9.59 Å². The Hall–Kier alpha value is -2.33. The number of para-hydroxylation sites is 1. The molecular weight excluding hydrogens is 324 g/mol. The van der Waals surface area contributed by atoms with Crippen molar-refractivity contribution in [1.82, 2.24) is 0 Å². The Labute approximate surface area is 147 Å². The highest BCUT2D eigenvalue weighted by Crippen LogP contribution is 2.26. The number of halogens is 1. The number of nitrogens with zero attached hydrogens (tertiary/aromatic N) is 1. The van der Waals surface area contributed by atoms with Gasteiger partial charge < -0.3 is 10.2 Å². The van der Waals surface area contributed by atoms with Gasteiger partial charge in [-0.15, -0.1) is 0 Å². The van der Waals surface area contributed by atoms with Gasteiger partial charge in [-0.1, -0.05) is 41.4 Å². The molecule has 5 heteroatoms. The lowest BCUT2D eigenvalue weighted by atomic mass is 10.1. The van der Waals surface area contributed by atoms with Crippen LogP contribution >= 0.6 is 11.6 Å². The van der Waals surface area contributed by atoms with Gasteiger partial charge in [-0.2, -0.15) is 0 Å². The smallest absolute Gasteiger partial charge is 0.244 e. The van der Waals surface area contributed by atoms with Gasteiger partial charge in [-0.05, 0) is 44.0 Å². The van der Waals surface area contributed by atoms with E-state index in [1.165, 1.54) is 11.8 Å². The van der Waals surface area contributed by atoms with Crippen LogP contribution in [-0.4, -0.2) is 18.4 Å². The number of carbonyl (C=O) groups excluding carboxylic acids is 2. The van der Waals surface area contributed by atoms with Crippen molar-refractivity contribution in [1.29, 1.82) is 0 Å². The van der Waals surface area contributed by atoms with E-state index in [1.807, 2.05) is 32.9 Å². The quantitative estimate of drug-likeness (QED) is 0.901. The third-order valence-corrected chi connectivity index (χ3v) is 4.09. The van der Waals surface area contributed by atoms with E-state index in [-0.39, 0.29) is 18.4 Å². The maximum absolute atomic E-state index is 12.5. The molecule has 0 spiro atoms. The fraction of sp³-hybridized carbons (Fsp3) is 0.263. The van der Waals surface area contributed by atoms with Crippen molar-refractivity contribution in [3.8, 4) is 0 Å². The van der Waals surface area contributed by atoms with Crippen molar-refractivity contribution >= 4 is 34.8 Å². The molecular formula is C19H21ClN2O2. The second kappa shape index (κ2) is 7.49. The van der Waals surface area contributed by atoms with Crippen LogP contribution in [0, 0.1) is 20.8 Å². The minimum atomic E-state index is -0.264. The number of benzene rings is 2. The first-order chi connectivity index (χ1) is 11.3. The molecule has 0 saturated carbocycles. The van der Waals surface area contributed by atoms with Crippen LogP contribution in [0.2, 0.25) is 5.02 Å². The summed E-state index contributed by atoms with van der Waals surface area (Å²) in [5.41, 5.74) is 4.44. The van der Waals surface area contributed by atoms with Crippen molar-refractivity contribution in [3.05, 3.63) is 58.1 Å². The van der Waals surface area contributed by atoms with Crippen LogP contribution in [0.15, 0.2) is 36.4 Å². The Bertz CT molecular complexity index is 764. The van der Waals surface area contributed by atoms with Crippen LogP contribution in [0.25, 0.3) is 0 Å². The van der Waals surface area contributed by atoms with E-state index >= 15 is 0 Å². The Morgan fingerprint density at radius 1 is 1.08 bits per heavy atom. The van der Waals surface area contributed by atoms with Crippen LogP contribution in [0.1, 0.15) is 23.6 Å². The largest absolute Gasteiger partial charge is 0.324 e. The molecule has 1 N–H and O–H groups in total. The van der Waals surface area contributed by atoms with Crippen LogP contribution in [0.5, 0.6) is 0 Å². The Morgan fingerprint density at radius 3 is 2.21 bits per heavy atom. The van der Waals surface area contributed by atoms with Gasteiger partial charge in [0.05, 0.1) is 10.7 Å². The Kier molecular flexibility index (Phi) is 5.62. The summed E-state index contributed by atoms with van der Waals surface area (Å²) >= 11 is 6.15. The Balaban J connectivity index is 2.21. The molecule has 0 aliphatic carbocycles. The van der Waals surface area contributed by atoms with Crippen molar-refractivity contribution in [2.45, 2.75) is 27.7 Å². The molecule has 2 rings (SSSR count). The minimum Gasteiger partial charge on any atom is -0.324 e. The summed E-state index contributed by atoms with van der Waals surface area (Å²) in [4.78, 5) is 25.8. The van der Waals surface area contributed by atoms with Gasteiger partial charge in [0.15, 0.2) is 0 Å². The molecule has 0 bridgehead atoms. The highest BCUT2D eigenvalue weighted by molar-refractivity contribution is 6.33. The number of anilines is 2. The van der Waals surface area contributed by atoms with Crippen molar-refractivity contribution in [2.24, 2.45) is 0 Å². The number of rotatable bonds is 4. The van der Waals surface area contributed by atoms with E-state index < -0.39 is 0 Å². The van der Waals surface area contributed by atoms with Crippen LogP contribution in [-0.2, 0) is 9.59 Å². The highest BCUT2D eigenvalue weighted by atomic mass is 35.5. The first-order valence-corrected chi connectivity index (χ1v) is 8.07. The zero-order chi connectivity index (χ0) is 17.9. The molecule has 0 radical (unpaired) electrons. The van der Waals surface area contributed by atoms with E-state index in [0.29, 0.717) is 10.7 Å². The molecule has 0 aliphatic heterocycles. The molecule has 0 aliphatic rings. The van der Waals surface area contributed by atoms with Crippen molar-refractivity contribution in [3.63, 3.8) is 0 Å². The summed E-state index contributed by atoms with van der Waals surface area (Å²) < 4.78 is 0. The maximum atomic E-state index is 12.5. The van der Waals surface area contributed by atoms with Crippen molar-refractivity contribution in [2.75, 3.05) is 16.8 Å². The van der Waals surface area contributed by atoms with Crippen LogP contribution in [0.4, 0.5) is 11.4 Å². The lowest BCUT2D eigenvalue weighted by molar-refractivity contribution is -0.120. The topological polar surface area (TPSA) is 49.4 Å². The molecule has 0 heterocycles. The number of amides is 2. The first-order valence-electron chi connectivity index (χ1n) is 7.70. The maximum Gasteiger partial charge on any atom is 0.244 e. The van der Waals surface area contributed by atoms with Gasteiger partial charge >= 0.3 is 0 Å². The molecule has 2 aromatic carbocycles. The SMILES string of the molecule is CC(=O)N(CC(=O)Nc1c(C)cc(C)cc1C)c1ccccc1Cl. The predicted molar refractivity (Wildman–Crippen MR) is 98.8 cm³/mol. The zero-order valence-corrected chi connectivity index (χ0v) is 15.1. The van der Waals surface area contributed by atoms with E-state index in [1.54, 1.807) is 24.3 Å². The fourth-order valence-corrected chi connectivity index (χ4v) is 2.97. The number of nitrogens with one attached hydrogen (secondary N) is 1. The molecule has 0 unspecified atom stereocenters. The first kappa shape index (κ1) is 18.0. The molecule has 24 heavy (non-hydrogen) atoms. The molecule has 0 fully saturated rings. The summed E-state index contributed by atoms with van der Waals surface area (Å²) in [6.07, 6.45) is 0. The van der Waals surface area contributed by atoms with Crippen LogP contribution in [0.3, 0.4) is 0 Å². The van der Waals surface area contributed by atoms with Crippen molar-refractivity contribution < 1.29 is 9.59 Å². The monoisotopic (exact) mass is 344 g/mol. The third-order valence-electron chi connectivity index (χ3n) is 3.77. The van der Waals surface area contributed by atoms with E-state index in [4.69, 9.17) is 11.6 Å². The molecule has 126 valence electrons. The molecule has 0 aromatic heterocycles. The number of aryl methyl sites for hydroxylation is 3. The van der Waals surface area contributed by atoms with Gasteiger partial charge in [0.25, 0.3) is 0 Å². The van der Waals surface area contributed by atoms with Gasteiger partial charge in [-0.3, -0.25) is 9.59 Å². The second-order valence-electron chi connectivity index (χ2n) is 5.88. The lowest BCUT2D eigenvalue weighted by Gasteiger charge is -2.22. The second-order valence-corrected chi connectivity index (χ2v) is 6.29. The third kappa shape index (κ3) is 4.15. The van der Waals surface area contributed by atoms with E-state index in [2.05, 4.69) is 5.32 Å². The molecule has 2 aromatic rings. The van der Waals surface area contributed by atoms with Crippen LogP contribution < -0.4 is 10.2 Å². The average molecular weight is 345 g/mol. The summed E-state index contributed by atoms with van der Waals surface area (Å²) in [7, 11) is 0. The number of hydrogen-bond acceptors (Lipinski definition) is 2. The summed E-state index contributed by atoms with van der Waals surface area (Å²) in [5, 5.41) is 3.34. The van der Waals surface area contributed by atoms with E-state index in [0.717, 1.165) is 22.4 Å². The summed E-state index contributed by atoms with van der Waals surface area (Å²) in [6.45, 7) is 7.24. The molecule has 0 saturated heterocycles. The number of hydrogen-bond donors (Lipinski definition) is 1. The average Bonchev–Trinajstić information content (AvgIpc) is 2.49. The van der Waals surface area contributed by atoms with Gasteiger partial charge in [0, 0.05) is 12.6 Å². The van der Waals surface area contributed by atoms with Gasteiger partial charge in [-0.25, -0.2) is 0 Å². The fourth-order valence-electron chi connectivity index (χ4n) is 2.74. The highest BCUT2D eigenvalue weighted by Gasteiger charge is 2.19. The zero-order valence-electron chi connectivity index (χ0n) is 14.3. The van der Waals surface area contributed by atoms with Gasteiger partial charge in [0.2, 0.25) is 11.8 Å². The molecule has 0 atom stereocenters. The minimum absolute atomic E-state index is 0.0914. The lowest BCUT2D eigenvalue weighted by Crippen LogP contribution is -2.37. The standard InChI is InChI=1S/C19H21ClN2O2/c1-12-9-13(2)19(14(3)10-12)21-18(24)11-22(15(4)23)17-8-6-5-7-16(17)20/h5-10H,11H2,1-4H3,(H,21,24). The van der Waals surface area contributed by atoms with Gasteiger partial charge in [0.1, 0.15) is 6.54 Å². The summed E-state index contributed by atoms with van der Waals surface area (Å²) in [6, 6.07) is 11.0.